The number of hydrogen-bond acceptors (Lipinski definition) is 3. The van der Waals surface area contributed by atoms with Crippen molar-refractivity contribution >= 4 is 16.0 Å². The summed E-state index contributed by atoms with van der Waals surface area (Å²) in [6, 6.07) is 5.22. The van der Waals surface area contributed by atoms with Crippen molar-refractivity contribution in [3.8, 4) is 0 Å². The molecule has 0 aliphatic heterocycles. The zero-order chi connectivity index (χ0) is 14.8. The van der Waals surface area contributed by atoms with Crippen LogP contribution >= 0.6 is 0 Å². The lowest BCUT2D eigenvalue weighted by Gasteiger charge is -2.27. The molecule has 0 heterocycles. The molecule has 19 heavy (non-hydrogen) atoms. The first kappa shape index (κ1) is 15.7. The lowest BCUT2D eigenvalue weighted by atomic mass is 10.1. The van der Waals surface area contributed by atoms with E-state index < -0.39 is 16.0 Å². The fourth-order valence-electron chi connectivity index (χ4n) is 1.59. The van der Waals surface area contributed by atoms with Gasteiger partial charge in [-0.3, -0.25) is 0 Å². The molecule has 0 saturated heterocycles. The van der Waals surface area contributed by atoms with Gasteiger partial charge in [0.25, 0.3) is 0 Å². The molecule has 1 N–H and O–H groups in total. The van der Waals surface area contributed by atoms with Crippen molar-refractivity contribution in [2.45, 2.75) is 31.7 Å². The molecule has 1 atom stereocenters. The molecule has 0 aliphatic carbocycles. The fourth-order valence-corrected chi connectivity index (χ4v) is 3.13. The van der Waals surface area contributed by atoms with Gasteiger partial charge in [0.2, 0.25) is 10.0 Å². The average molecular weight is 285 g/mol. The number of carboxylic acids is 1. The van der Waals surface area contributed by atoms with E-state index in [-0.39, 0.29) is 22.4 Å². The summed E-state index contributed by atoms with van der Waals surface area (Å²) < 4.78 is 26.0. The Morgan fingerprint density at radius 1 is 1.26 bits per heavy atom. The van der Waals surface area contributed by atoms with Crippen molar-refractivity contribution in [1.82, 2.24) is 4.31 Å². The van der Waals surface area contributed by atoms with Gasteiger partial charge in [-0.1, -0.05) is 19.9 Å². The maximum Gasteiger partial charge on any atom is 0.335 e. The highest BCUT2D eigenvalue weighted by Crippen LogP contribution is 2.20. The van der Waals surface area contributed by atoms with E-state index in [1.807, 2.05) is 20.8 Å². The first-order valence-electron chi connectivity index (χ1n) is 5.99. The molecule has 106 valence electrons. The first-order chi connectivity index (χ1) is 8.67. The molecule has 0 aliphatic rings. The Bertz CT molecular complexity index is 566. The molecule has 0 bridgehead atoms. The van der Waals surface area contributed by atoms with Crippen LogP contribution in [-0.2, 0) is 10.0 Å². The number of hydrogen-bond donors (Lipinski definition) is 1. The monoisotopic (exact) mass is 285 g/mol. The molecule has 0 saturated carbocycles. The van der Waals surface area contributed by atoms with Crippen LogP contribution in [0.15, 0.2) is 29.2 Å². The minimum Gasteiger partial charge on any atom is -0.478 e. The predicted molar refractivity (Wildman–Crippen MR) is 72.7 cm³/mol. The standard InChI is InChI=1S/C13H19NO4S/c1-9(2)10(3)14(4)19(17,18)12-7-5-6-11(8-12)13(15)16/h5-10H,1-4H3,(H,15,16). The maximum absolute atomic E-state index is 12.4. The fraction of sp³-hybridized carbons (Fsp3) is 0.462. The SMILES string of the molecule is CC(C)C(C)N(C)S(=O)(=O)c1cccc(C(=O)O)c1. The van der Waals surface area contributed by atoms with Gasteiger partial charge in [0.15, 0.2) is 0 Å². The Labute approximate surface area is 113 Å². The molecule has 1 unspecified atom stereocenters. The molecule has 6 heteroatoms. The second kappa shape index (κ2) is 5.71. The first-order valence-corrected chi connectivity index (χ1v) is 7.43. The molecule has 1 aromatic rings. The Morgan fingerprint density at radius 3 is 2.32 bits per heavy atom. The summed E-state index contributed by atoms with van der Waals surface area (Å²) >= 11 is 0. The van der Waals surface area contributed by atoms with Gasteiger partial charge in [-0.15, -0.1) is 0 Å². The number of carboxylic acid groups (broad SMARTS) is 1. The van der Waals surface area contributed by atoms with Crippen LogP contribution in [-0.4, -0.2) is 36.9 Å². The van der Waals surface area contributed by atoms with Crippen LogP contribution in [0.2, 0.25) is 0 Å². The van der Waals surface area contributed by atoms with Crippen LogP contribution < -0.4 is 0 Å². The number of nitrogens with zero attached hydrogens (tertiary/aromatic N) is 1. The predicted octanol–water partition coefficient (Wildman–Crippen LogP) is 2.05. The summed E-state index contributed by atoms with van der Waals surface area (Å²) in [6.45, 7) is 5.69. The molecule has 0 radical (unpaired) electrons. The number of aromatic carboxylic acids is 1. The molecule has 5 nitrogen and oxygen atoms in total. The van der Waals surface area contributed by atoms with Gasteiger partial charge >= 0.3 is 5.97 Å². The zero-order valence-corrected chi connectivity index (χ0v) is 12.3. The third-order valence-corrected chi connectivity index (χ3v) is 5.24. The summed E-state index contributed by atoms with van der Waals surface area (Å²) in [5.74, 6) is -0.973. The smallest absolute Gasteiger partial charge is 0.335 e. The summed E-state index contributed by atoms with van der Waals surface area (Å²) in [5.41, 5.74) is -0.0355. The van der Waals surface area contributed by atoms with Gasteiger partial charge in [0, 0.05) is 13.1 Å². The van der Waals surface area contributed by atoms with Crippen molar-refractivity contribution in [3.05, 3.63) is 29.8 Å². The van der Waals surface area contributed by atoms with E-state index in [0.29, 0.717) is 0 Å². The van der Waals surface area contributed by atoms with Gasteiger partial charge < -0.3 is 5.11 Å². The van der Waals surface area contributed by atoms with Gasteiger partial charge in [-0.25, -0.2) is 13.2 Å². The quantitative estimate of drug-likeness (QED) is 0.898. The highest BCUT2D eigenvalue weighted by atomic mass is 32.2. The Kier molecular flexibility index (Phi) is 4.70. The molecule has 0 amide bonds. The van der Waals surface area contributed by atoms with Crippen LogP contribution in [0.3, 0.4) is 0 Å². The normalized spacial score (nSPS) is 13.8. The van der Waals surface area contributed by atoms with Crippen LogP contribution in [0.4, 0.5) is 0 Å². The van der Waals surface area contributed by atoms with Gasteiger partial charge in [-0.2, -0.15) is 4.31 Å². The number of carbonyl (C=O) groups is 1. The van der Waals surface area contributed by atoms with E-state index in [1.54, 1.807) is 0 Å². The number of benzene rings is 1. The van der Waals surface area contributed by atoms with Gasteiger partial charge in [0.1, 0.15) is 0 Å². The number of sulfonamides is 1. The molecule has 1 rings (SSSR count). The topological polar surface area (TPSA) is 74.7 Å². The van der Waals surface area contributed by atoms with E-state index in [4.69, 9.17) is 5.11 Å². The van der Waals surface area contributed by atoms with E-state index in [2.05, 4.69) is 0 Å². The third-order valence-electron chi connectivity index (χ3n) is 3.30. The highest BCUT2D eigenvalue weighted by Gasteiger charge is 2.27. The minimum absolute atomic E-state index is 0.00222. The molecular formula is C13H19NO4S. The molecule has 0 fully saturated rings. The van der Waals surface area contributed by atoms with Crippen molar-refractivity contribution in [2.75, 3.05) is 7.05 Å². The second-order valence-corrected chi connectivity index (χ2v) is 6.84. The van der Waals surface area contributed by atoms with Crippen molar-refractivity contribution in [1.29, 1.82) is 0 Å². The molecular weight excluding hydrogens is 266 g/mol. The van der Waals surface area contributed by atoms with Crippen molar-refractivity contribution < 1.29 is 18.3 Å². The van der Waals surface area contributed by atoms with Crippen LogP contribution in [0.5, 0.6) is 0 Å². The van der Waals surface area contributed by atoms with Crippen molar-refractivity contribution in [2.24, 2.45) is 5.92 Å². The molecule has 1 aromatic carbocycles. The van der Waals surface area contributed by atoms with Crippen LogP contribution in [0.1, 0.15) is 31.1 Å². The van der Waals surface area contributed by atoms with Crippen molar-refractivity contribution in [3.63, 3.8) is 0 Å². The molecule has 0 spiro atoms. The Hall–Kier alpha value is -1.40. The van der Waals surface area contributed by atoms with Crippen LogP contribution in [0, 0.1) is 5.92 Å². The average Bonchev–Trinajstić information content (AvgIpc) is 2.36. The number of rotatable bonds is 5. The lowest BCUT2D eigenvalue weighted by Crippen LogP contribution is -2.38. The summed E-state index contributed by atoms with van der Waals surface area (Å²) in [6.07, 6.45) is 0. The summed E-state index contributed by atoms with van der Waals surface area (Å²) in [7, 11) is -2.16. The van der Waals surface area contributed by atoms with E-state index in [0.717, 1.165) is 0 Å². The third kappa shape index (κ3) is 3.33. The zero-order valence-electron chi connectivity index (χ0n) is 11.5. The molecule has 0 aromatic heterocycles. The summed E-state index contributed by atoms with van der Waals surface area (Å²) in [4.78, 5) is 10.9. The van der Waals surface area contributed by atoms with Gasteiger partial charge in [0.05, 0.1) is 10.5 Å². The van der Waals surface area contributed by atoms with Crippen LogP contribution in [0.25, 0.3) is 0 Å². The maximum atomic E-state index is 12.4. The minimum atomic E-state index is -3.67. The van der Waals surface area contributed by atoms with E-state index >= 15 is 0 Å². The second-order valence-electron chi connectivity index (χ2n) is 4.84. The largest absolute Gasteiger partial charge is 0.478 e. The van der Waals surface area contributed by atoms with Gasteiger partial charge in [-0.05, 0) is 31.0 Å². The highest BCUT2D eigenvalue weighted by molar-refractivity contribution is 7.89. The van der Waals surface area contributed by atoms with E-state index in [9.17, 15) is 13.2 Å². The van der Waals surface area contributed by atoms with E-state index in [1.165, 1.54) is 35.6 Å². The Morgan fingerprint density at radius 2 is 1.84 bits per heavy atom. The Balaban J connectivity index is 3.20. The lowest BCUT2D eigenvalue weighted by molar-refractivity contribution is 0.0696. The summed E-state index contributed by atoms with van der Waals surface area (Å²) in [5, 5.41) is 8.90.